The number of hydrogen-bond donors (Lipinski definition) is 2. The van der Waals surface area contributed by atoms with E-state index in [2.05, 4.69) is 33.0 Å². The Labute approximate surface area is 354 Å². The Morgan fingerprint density at radius 1 is 0.552 bits per heavy atom. The molecule has 0 saturated heterocycles. The van der Waals surface area contributed by atoms with Gasteiger partial charge in [0.1, 0.15) is 24.4 Å². The molecule has 348 valence electrons. The van der Waals surface area contributed by atoms with Crippen molar-refractivity contribution < 1.29 is 46.6 Å². The number of halogens is 3. The van der Waals surface area contributed by atoms with Gasteiger partial charge in [-0.2, -0.15) is 13.2 Å². The van der Waals surface area contributed by atoms with Crippen molar-refractivity contribution in [2.75, 3.05) is 13.1 Å². The predicted molar refractivity (Wildman–Crippen MR) is 234 cm³/mol. The molecule has 0 heterocycles. The molecule has 0 aliphatic rings. The third-order valence-corrected chi connectivity index (χ3v) is 9.19. The summed E-state index contributed by atoms with van der Waals surface area (Å²) in [6, 6.07) is 0. The zero-order valence-electron chi connectivity index (χ0n) is 37.5. The van der Waals surface area contributed by atoms with E-state index in [0.29, 0.717) is 0 Å². The summed E-state index contributed by atoms with van der Waals surface area (Å²) in [6.45, 7) is 14.2. The zero-order chi connectivity index (χ0) is 43.6. The second-order valence-electron chi connectivity index (χ2n) is 16.2. The molecule has 0 fully saturated rings. The lowest BCUT2D eigenvalue weighted by Crippen LogP contribution is -2.37. The number of esters is 2. The van der Waals surface area contributed by atoms with E-state index in [1.54, 1.807) is 20.8 Å². The standard InChI is InChI=1S/C24H47NO4.C19H39NO2.C2HF3O.CH4/c1-6-8-10-12-14-16-18-21(19-17-15-13-11-9-7-2)28-22(26)20-25-23(27)29-24(3,4)5;1-3-5-7-9-11-13-15-18(22-19(21)17-20)16-14-12-10-8-6-4-2;3-2(4,5)1-6;/h21H,6-20H2,1-5H3,(H,25,27);18H,3-17,20H2,1-2H3;1H;1H4. The van der Waals surface area contributed by atoms with Gasteiger partial charge in [0, 0.05) is 0 Å². The Bertz CT molecular complexity index is 898. The van der Waals surface area contributed by atoms with Crippen molar-refractivity contribution in [2.24, 2.45) is 5.73 Å². The average molecular weight is 841 g/mol. The van der Waals surface area contributed by atoms with Crippen LogP contribution in [0.15, 0.2) is 0 Å². The molecule has 3 N–H and O–H groups in total. The summed E-state index contributed by atoms with van der Waals surface area (Å²) in [5.41, 5.74) is 4.79. The second-order valence-corrected chi connectivity index (χ2v) is 16.2. The third-order valence-electron chi connectivity index (χ3n) is 9.19. The van der Waals surface area contributed by atoms with Crippen LogP contribution in [-0.4, -0.2) is 61.4 Å². The Morgan fingerprint density at radius 3 is 1.09 bits per heavy atom. The normalized spacial score (nSPS) is 11.1. The highest BCUT2D eigenvalue weighted by Crippen LogP contribution is 2.19. The van der Waals surface area contributed by atoms with E-state index in [-0.39, 0.29) is 44.7 Å². The van der Waals surface area contributed by atoms with Gasteiger partial charge < -0.3 is 25.3 Å². The maximum atomic E-state index is 12.2. The first-order chi connectivity index (χ1) is 27.1. The molecule has 0 spiro atoms. The van der Waals surface area contributed by atoms with Crippen LogP contribution in [0, 0.1) is 0 Å². The van der Waals surface area contributed by atoms with Gasteiger partial charge in [0.25, 0.3) is 0 Å². The molecule has 9 nitrogen and oxygen atoms in total. The molecule has 58 heavy (non-hydrogen) atoms. The molecule has 0 unspecified atom stereocenters. The van der Waals surface area contributed by atoms with Crippen molar-refractivity contribution in [3.8, 4) is 0 Å². The Balaban J connectivity index is -0.000000444. The molecule has 0 aromatic heterocycles. The summed E-state index contributed by atoms with van der Waals surface area (Å²) in [6.07, 6.45) is 27.8. The molecule has 0 rings (SSSR count). The molecule has 0 saturated carbocycles. The number of alkyl halides is 3. The number of rotatable bonds is 33. The van der Waals surface area contributed by atoms with Gasteiger partial charge in [0.05, 0.1) is 6.54 Å². The number of nitrogens with one attached hydrogen (secondary N) is 1. The van der Waals surface area contributed by atoms with Crippen LogP contribution in [0.25, 0.3) is 0 Å². The number of aldehydes is 1. The second kappa shape index (κ2) is 44.2. The molecule has 0 aromatic carbocycles. The van der Waals surface area contributed by atoms with E-state index in [9.17, 15) is 27.6 Å². The summed E-state index contributed by atoms with van der Waals surface area (Å²) in [4.78, 5) is 44.0. The van der Waals surface area contributed by atoms with Crippen molar-refractivity contribution in [3.05, 3.63) is 0 Å². The summed E-state index contributed by atoms with van der Waals surface area (Å²) in [7, 11) is 0. The minimum atomic E-state index is -4.64. The fraction of sp³-hybridized carbons (Fsp3) is 0.913. The van der Waals surface area contributed by atoms with Crippen LogP contribution in [0.2, 0.25) is 0 Å². The van der Waals surface area contributed by atoms with Crippen molar-refractivity contribution in [1.82, 2.24) is 5.32 Å². The minimum absolute atomic E-state index is 0. The number of amides is 1. The van der Waals surface area contributed by atoms with Gasteiger partial charge in [0.2, 0.25) is 6.29 Å². The first-order valence-electron chi connectivity index (χ1n) is 22.7. The largest absolute Gasteiger partial charge is 0.461 e. The SMILES string of the molecule is C.CCCCCCCCC(CCCCCCCC)OC(=O)CN.CCCCCCCCC(CCCCCCCC)OC(=O)CNC(=O)OC(C)(C)C.O=CC(F)(F)F. The number of carbonyl (C=O) groups excluding carboxylic acids is 4. The van der Waals surface area contributed by atoms with Crippen molar-refractivity contribution >= 4 is 24.3 Å². The van der Waals surface area contributed by atoms with E-state index in [1.165, 1.54) is 141 Å². The van der Waals surface area contributed by atoms with Crippen LogP contribution in [0.3, 0.4) is 0 Å². The van der Waals surface area contributed by atoms with Crippen LogP contribution in [0.1, 0.15) is 236 Å². The van der Waals surface area contributed by atoms with Gasteiger partial charge in [-0.3, -0.25) is 14.4 Å². The zero-order valence-corrected chi connectivity index (χ0v) is 37.5. The summed E-state index contributed by atoms with van der Waals surface area (Å²) in [5, 5.41) is 2.49. The quantitative estimate of drug-likeness (QED) is 0.0289. The number of nitrogens with two attached hydrogens (primary N) is 1. The minimum Gasteiger partial charge on any atom is -0.461 e. The molecule has 1 amide bonds. The summed E-state index contributed by atoms with van der Waals surface area (Å²) in [5.74, 6) is -0.625. The van der Waals surface area contributed by atoms with E-state index < -0.39 is 24.2 Å². The van der Waals surface area contributed by atoms with Crippen LogP contribution < -0.4 is 11.1 Å². The molecule has 0 aliphatic heterocycles. The van der Waals surface area contributed by atoms with Gasteiger partial charge in [-0.15, -0.1) is 0 Å². The topological polar surface area (TPSA) is 134 Å². The van der Waals surface area contributed by atoms with Gasteiger partial charge in [-0.25, -0.2) is 4.79 Å². The lowest BCUT2D eigenvalue weighted by Gasteiger charge is -2.21. The van der Waals surface area contributed by atoms with Gasteiger partial charge >= 0.3 is 24.2 Å². The number of hydrogen-bond acceptors (Lipinski definition) is 8. The van der Waals surface area contributed by atoms with Crippen LogP contribution in [0.4, 0.5) is 18.0 Å². The van der Waals surface area contributed by atoms with E-state index in [4.69, 9.17) is 24.7 Å². The molecule has 0 atom stereocenters. The van der Waals surface area contributed by atoms with Crippen LogP contribution >= 0.6 is 0 Å². The molecule has 0 aromatic rings. The molecular formula is C46H91F3N2O7. The first-order valence-corrected chi connectivity index (χ1v) is 22.7. The monoisotopic (exact) mass is 841 g/mol. The van der Waals surface area contributed by atoms with Crippen molar-refractivity contribution in [3.63, 3.8) is 0 Å². The van der Waals surface area contributed by atoms with Crippen molar-refractivity contribution in [2.45, 2.75) is 260 Å². The molecule has 0 aliphatic carbocycles. The van der Waals surface area contributed by atoms with Gasteiger partial charge in [-0.05, 0) is 72.1 Å². The highest BCUT2D eigenvalue weighted by molar-refractivity contribution is 5.78. The maximum Gasteiger partial charge on any atom is 0.446 e. The molecule has 0 bridgehead atoms. The lowest BCUT2D eigenvalue weighted by atomic mass is 10.0. The Hall–Kier alpha value is -2.37. The molecular weight excluding hydrogens is 750 g/mol. The summed E-state index contributed by atoms with van der Waals surface area (Å²) >= 11 is 0. The van der Waals surface area contributed by atoms with Crippen molar-refractivity contribution in [1.29, 1.82) is 0 Å². The third kappa shape index (κ3) is 53.6. The van der Waals surface area contributed by atoms with Gasteiger partial charge in [-0.1, -0.05) is 164 Å². The average Bonchev–Trinajstić information content (AvgIpc) is 3.15. The fourth-order valence-electron chi connectivity index (χ4n) is 6.05. The van der Waals surface area contributed by atoms with E-state index in [1.807, 2.05) is 0 Å². The van der Waals surface area contributed by atoms with E-state index in [0.717, 1.165) is 38.5 Å². The Kier molecular flexibility index (Phi) is 47.5. The van der Waals surface area contributed by atoms with E-state index >= 15 is 0 Å². The van der Waals surface area contributed by atoms with Crippen LogP contribution in [-0.2, 0) is 28.6 Å². The highest BCUT2D eigenvalue weighted by Gasteiger charge is 2.25. The number of carbonyl (C=O) groups is 4. The maximum absolute atomic E-state index is 12.2. The highest BCUT2D eigenvalue weighted by atomic mass is 19.4. The molecule has 0 radical (unpaired) electrons. The summed E-state index contributed by atoms with van der Waals surface area (Å²) < 4.78 is 47.6. The number of ether oxygens (including phenoxy) is 3. The number of unbranched alkanes of at least 4 members (excludes halogenated alkanes) is 20. The first kappa shape index (κ1) is 62.3. The number of alkyl carbamates (subject to hydrolysis) is 1. The Morgan fingerprint density at radius 2 is 0.828 bits per heavy atom. The predicted octanol–water partition coefficient (Wildman–Crippen LogP) is 13.7. The van der Waals surface area contributed by atoms with Gasteiger partial charge in [0.15, 0.2) is 0 Å². The lowest BCUT2D eigenvalue weighted by molar-refractivity contribution is -0.156. The van der Waals surface area contributed by atoms with Crippen LogP contribution in [0.5, 0.6) is 0 Å². The fourth-order valence-corrected chi connectivity index (χ4v) is 6.05. The smallest absolute Gasteiger partial charge is 0.446 e. The molecule has 12 heteroatoms.